The SMILES string of the molecule is CC(C)COc1ccccc1C(=O)Nc1ccccc1C(=O)N(C)Cc1ccccc1. The number of carbonyl (C=O) groups is 2. The van der Waals surface area contributed by atoms with Crippen molar-refractivity contribution in [3.63, 3.8) is 0 Å². The van der Waals surface area contributed by atoms with Crippen LogP contribution in [0.2, 0.25) is 0 Å². The summed E-state index contributed by atoms with van der Waals surface area (Å²) in [6.07, 6.45) is 0. The Morgan fingerprint density at radius 1 is 0.871 bits per heavy atom. The van der Waals surface area contributed by atoms with Crippen molar-refractivity contribution >= 4 is 17.5 Å². The number of amides is 2. The molecule has 5 nitrogen and oxygen atoms in total. The summed E-state index contributed by atoms with van der Waals surface area (Å²) in [4.78, 5) is 27.7. The van der Waals surface area contributed by atoms with Gasteiger partial charge in [0.2, 0.25) is 0 Å². The van der Waals surface area contributed by atoms with E-state index in [9.17, 15) is 9.59 Å². The van der Waals surface area contributed by atoms with Gasteiger partial charge in [-0.15, -0.1) is 0 Å². The van der Waals surface area contributed by atoms with Crippen LogP contribution in [0.3, 0.4) is 0 Å². The van der Waals surface area contributed by atoms with Crippen LogP contribution < -0.4 is 10.1 Å². The van der Waals surface area contributed by atoms with Gasteiger partial charge in [0.15, 0.2) is 0 Å². The molecule has 5 heteroatoms. The van der Waals surface area contributed by atoms with Gasteiger partial charge in [0.1, 0.15) is 5.75 Å². The molecule has 3 aromatic carbocycles. The maximum absolute atomic E-state index is 13.1. The van der Waals surface area contributed by atoms with Crippen molar-refractivity contribution < 1.29 is 14.3 Å². The second kappa shape index (κ2) is 10.4. The lowest BCUT2D eigenvalue weighted by Crippen LogP contribution is -2.27. The van der Waals surface area contributed by atoms with Crippen molar-refractivity contribution in [2.75, 3.05) is 19.0 Å². The summed E-state index contributed by atoms with van der Waals surface area (Å²) in [7, 11) is 1.75. The second-order valence-electron chi connectivity index (χ2n) is 7.85. The zero-order chi connectivity index (χ0) is 22.2. The van der Waals surface area contributed by atoms with E-state index in [1.54, 1.807) is 54.4 Å². The largest absolute Gasteiger partial charge is 0.492 e. The molecule has 3 rings (SSSR count). The quantitative estimate of drug-likeness (QED) is 0.546. The van der Waals surface area contributed by atoms with E-state index in [-0.39, 0.29) is 11.8 Å². The molecule has 0 aliphatic rings. The zero-order valence-electron chi connectivity index (χ0n) is 18.2. The number of anilines is 1. The predicted molar refractivity (Wildman–Crippen MR) is 123 cm³/mol. The molecule has 0 spiro atoms. The van der Waals surface area contributed by atoms with Crippen molar-refractivity contribution in [1.29, 1.82) is 0 Å². The molecule has 0 aromatic heterocycles. The van der Waals surface area contributed by atoms with Gasteiger partial charge in [-0.2, -0.15) is 0 Å². The normalized spacial score (nSPS) is 10.6. The number of ether oxygens (including phenoxy) is 1. The first-order chi connectivity index (χ1) is 15.0. The van der Waals surface area contributed by atoms with E-state index in [0.717, 1.165) is 5.56 Å². The van der Waals surface area contributed by atoms with E-state index in [1.807, 2.05) is 36.4 Å². The first kappa shape index (κ1) is 22.1. The molecule has 0 bridgehead atoms. The zero-order valence-corrected chi connectivity index (χ0v) is 18.2. The van der Waals surface area contributed by atoms with E-state index in [1.165, 1.54) is 0 Å². The molecule has 0 aliphatic carbocycles. The van der Waals surface area contributed by atoms with Crippen LogP contribution in [0, 0.1) is 5.92 Å². The lowest BCUT2D eigenvalue weighted by molar-refractivity contribution is 0.0786. The van der Waals surface area contributed by atoms with Crippen LogP contribution in [0.15, 0.2) is 78.9 Å². The number of rotatable bonds is 8. The highest BCUT2D eigenvalue weighted by molar-refractivity contribution is 6.10. The monoisotopic (exact) mass is 416 g/mol. The highest BCUT2D eigenvalue weighted by Crippen LogP contribution is 2.23. The fraction of sp³-hybridized carbons (Fsp3) is 0.231. The molecular formula is C26H28N2O3. The van der Waals surface area contributed by atoms with Crippen LogP contribution in [0.4, 0.5) is 5.69 Å². The van der Waals surface area contributed by atoms with Crippen LogP contribution in [0.25, 0.3) is 0 Å². The first-order valence-corrected chi connectivity index (χ1v) is 10.4. The van der Waals surface area contributed by atoms with Gasteiger partial charge in [0, 0.05) is 13.6 Å². The standard InChI is InChI=1S/C26H28N2O3/c1-19(2)18-31-24-16-10-8-14-22(24)25(29)27-23-15-9-7-13-21(23)26(30)28(3)17-20-11-5-4-6-12-20/h4-16,19H,17-18H2,1-3H3,(H,27,29). The Morgan fingerprint density at radius 2 is 1.48 bits per heavy atom. The van der Waals surface area contributed by atoms with Crippen LogP contribution in [-0.4, -0.2) is 30.4 Å². The topological polar surface area (TPSA) is 58.6 Å². The molecule has 0 fully saturated rings. The molecule has 0 unspecified atom stereocenters. The third-order valence-corrected chi connectivity index (χ3v) is 4.72. The van der Waals surface area contributed by atoms with Gasteiger partial charge in [-0.05, 0) is 35.7 Å². The Morgan fingerprint density at radius 3 is 2.19 bits per heavy atom. The van der Waals surface area contributed by atoms with Crippen LogP contribution >= 0.6 is 0 Å². The van der Waals surface area contributed by atoms with Gasteiger partial charge in [0.25, 0.3) is 11.8 Å². The molecule has 3 aromatic rings. The summed E-state index contributed by atoms with van der Waals surface area (Å²) in [5, 5.41) is 2.89. The number of nitrogens with one attached hydrogen (secondary N) is 1. The molecule has 31 heavy (non-hydrogen) atoms. The van der Waals surface area contributed by atoms with Crippen molar-refractivity contribution in [2.45, 2.75) is 20.4 Å². The number of carbonyl (C=O) groups excluding carboxylic acids is 2. The highest BCUT2D eigenvalue weighted by Gasteiger charge is 2.19. The summed E-state index contributed by atoms with van der Waals surface area (Å²) < 4.78 is 5.80. The minimum atomic E-state index is -0.315. The number of hydrogen-bond acceptors (Lipinski definition) is 3. The fourth-order valence-electron chi connectivity index (χ4n) is 3.14. The third kappa shape index (κ3) is 5.95. The summed E-state index contributed by atoms with van der Waals surface area (Å²) in [5.41, 5.74) is 2.38. The van der Waals surface area contributed by atoms with E-state index in [0.29, 0.717) is 41.6 Å². The van der Waals surface area contributed by atoms with E-state index in [2.05, 4.69) is 19.2 Å². The van der Waals surface area contributed by atoms with Crippen LogP contribution in [0.1, 0.15) is 40.1 Å². The van der Waals surface area contributed by atoms with Gasteiger partial charge in [0.05, 0.1) is 23.4 Å². The first-order valence-electron chi connectivity index (χ1n) is 10.4. The van der Waals surface area contributed by atoms with E-state index >= 15 is 0 Å². The lowest BCUT2D eigenvalue weighted by atomic mass is 10.1. The summed E-state index contributed by atoms with van der Waals surface area (Å²) in [6, 6.07) is 24.0. The molecule has 0 radical (unpaired) electrons. The molecule has 0 heterocycles. The van der Waals surface area contributed by atoms with Crippen molar-refractivity contribution in [1.82, 2.24) is 4.90 Å². The highest BCUT2D eigenvalue weighted by atomic mass is 16.5. The molecule has 160 valence electrons. The minimum Gasteiger partial charge on any atom is -0.492 e. The van der Waals surface area contributed by atoms with Gasteiger partial charge in [-0.3, -0.25) is 9.59 Å². The van der Waals surface area contributed by atoms with Crippen molar-refractivity contribution in [3.8, 4) is 5.75 Å². The number of hydrogen-bond donors (Lipinski definition) is 1. The maximum atomic E-state index is 13.1. The average Bonchev–Trinajstić information content (AvgIpc) is 2.78. The molecule has 1 N–H and O–H groups in total. The summed E-state index contributed by atoms with van der Waals surface area (Å²) in [6.45, 7) is 5.10. The van der Waals surface area contributed by atoms with Gasteiger partial charge < -0.3 is 15.0 Å². The Balaban J connectivity index is 1.78. The summed E-state index contributed by atoms with van der Waals surface area (Å²) in [5.74, 6) is 0.391. The summed E-state index contributed by atoms with van der Waals surface area (Å²) >= 11 is 0. The molecular weight excluding hydrogens is 388 g/mol. The third-order valence-electron chi connectivity index (χ3n) is 4.72. The molecule has 0 atom stereocenters. The lowest BCUT2D eigenvalue weighted by Gasteiger charge is -2.20. The predicted octanol–water partition coefficient (Wildman–Crippen LogP) is 5.25. The number of para-hydroxylation sites is 2. The molecule has 0 aliphatic heterocycles. The van der Waals surface area contributed by atoms with Gasteiger partial charge in [-0.25, -0.2) is 0 Å². The number of nitrogens with zero attached hydrogens (tertiary/aromatic N) is 1. The average molecular weight is 417 g/mol. The molecule has 0 saturated heterocycles. The Kier molecular flexibility index (Phi) is 7.44. The van der Waals surface area contributed by atoms with Crippen LogP contribution in [-0.2, 0) is 6.54 Å². The number of benzene rings is 3. The van der Waals surface area contributed by atoms with Crippen molar-refractivity contribution in [3.05, 3.63) is 95.6 Å². The van der Waals surface area contributed by atoms with Gasteiger partial charge in [-0.1, -0.05) is 68.4 Å². The van der Waals surface area contributed by atoms with E-state index < -0.39 is 0 Å². The van der Waals surface area contributed by atoms with Gasteiger partial charge >= 0.3 is 0 Å². The second-order valence-corrected chi connectivity index (χ2v) is 7.85. The fourth-order valence-corrected chi connectivity index (χ4v) is 3.14. The minimum absolute atomic E-state index is 0.163. The molecule has 0 saturated carbocycles. The van der Waals surface area contributed by atoms with E-state index in [4.69, 9.17) is 4.74 Å². The Labute approximate surface area is 183 Å². The Bertz CT molecular complexity index is 1030. The smallest absolute Gasteiger partial charge is 0.259 e. The molecule has 2 amide bonds. The van der Waals surface area contributed by atoms with Crippen LogP contribution in [0.5, 0.6) is 5.75 Å². The maximum Gasteiger partial charge on any atom is 0.259 e. The van der Waals surface area contributed by atoms with Crippen molar-refractivity contribution in [2.24, 2.45) is 5.92 Å². The Hall–Kier alpha value is -3.60.